The SMILES string of the molecule is Cc1cc2c(s1)CCC(CN[C@@H]1CC[C@@H](Oc3ccc(C#N)cc3)[C@@H]1O)C2=O. The van der Waals surface area contributed by atoms with Crippen LogP contribution in [-0.4, -0.2) is 35.7 Å². The first-order chi connectivity index (χ1) is 13.5. The van der Waals surface area contributed by atoms with Crippen LogP contribution < -0.4 is 10.1 Å². The molecule has 0 radical (unpaired) electrons. The number of Topliss-reactive ketones (excluding diaryl/α,β-unsaturated/α-hetero) is 1. The summed E-state index contributed by atoms with van der Waals surface area (Å²) < 4.78 is 5.91. The summed E-state index contributed by atoms with van der Waals surface area (Å²) in [5, 5.41) is 22.9. The number of ketones is 1. The van der Waals surface area contributed by atoms with E-state index in [1.807, 2.05) is 13.0 Å². The molecule has 1 aromatic heterocycles. The molecule has 0 bridgehead atoms. The maximum absolute atomic E-state index is 12.7. The molecule has 6 heteroatoms. The predicted octanol–water partition coefficient (Wildman–Crippen LogP) is 3.23. The monoisotopic (exact) mass is 396 g/mol. The Morgan fingerprint density at radius 3 is 2.82 bits per heavy atom. The Morgan fingerprint density at radius 2 is 2.07 bits per heavy atom. The first-order valence-electron chi connectivity index (χ1n) is 9.77. The zero-order valence-corrected chi connectivity index (χ0v) is 16.7. The minimum atomic E-state index is -0.617. The summed E-state index contributed by atoms with van der Waals surface area (Å²) in [6, 6.07) is 11.0. The second kappa shape index (κ2) is 8.04. The molecule has 0 aliphatic heterocycles. The van der Waals surface area contributed by atoms with Crippen molar-refractivity contribution in [3.05, 3.63) is 51.2 Å². The maximum Gasteiger partial charge on any atom is 0.168 e. The lowest BCUT2D eigenvalue weighted by atomic mass is 9.87. The van der Waals surface area contributed by atoms with Crippen LogP contribution in [0.25, 0.3) is 0 Å². The molecule has 1 aromatic carbocycles. The molecule has 0 spiro atoms. The highest BCUT2D eigenvalue weighted by atomic mass is 32.1. The Kier molecular flexibility index (Phi) is 5.49. The molecule has 5 nitrogen and oxygen atoms in total. The van der Waals surface area contributed by atoms with Gasteiger partial charge in [0.15, 0.2) is 5.78 Å². The van der Waals surface area contributed by atoms with Gasteiger partial charge >= 0.3 is 0 Å². The molecular formula is C22H24N2O3S. The minimum absolute atomic E-state index is 0.0211. The van der Waals surface area contributed by atoms with Crippen molar-refractivity contribution in [1.82, 2.24) is 5.32 Å². The first kappa shape index (κ1) is 19.1. The van der Waals surface area contributed by atoms with Gasteiger partial charge in [-0.15, -0.1) is 11.3 Å². The number of hydrogen-bond donors (Lipinski definition) is 2. The van der Waals surface area contributed by atoms with Crippen molar-refractivity contribution >= 4 is 17.1 Å². The summed E-state index contributed by atoms with van der Waals surface area (Å²) in [4.78, 5) is 15.1. The van der Waals surface area contributed by atoms with Gasteiger partial charge in [0, 0.05) is 33.8 Å². The number of carbonyl (C=O) groups excluding carboxylic acids is 1. The number of nitrogens with zero attached hydrogens (tertiary/aromatic N) is 1. The number of benzene rings is 1. The quantitative estimate of drug-likeness (QED) is 0.811. The van der Waals surface area contributed by atoms with Gasteiger partial charge in [-0.1, -0.05) is 0 Å². The van der Waals surface area contributed by atoms with Crippen LogP contribution in [0.2, 0.25) is 0 Å². The molecule has 146 valence electrons. The van der Waals surface area contributed by atoms with Crippen LogP contribution in [0.1, 0.15) is 44.9 Å². The summed E-state index contributed by atoms with van der Waals surface area (Å²) in [7, 11) is 0. The van der Waals surface area contributed by atoms with E-state index in [9.17, 15) is 9.90 Å². The van der Waals surface area contributed by atoms with Gasteiger partial charge in [-0.2, -0.15) is 5.26 Å². The number of nitrogens with one attached hydrogen (secondary N) is 1. The molecule has 4 rings (SSSR count). The predicted molar refractivity (Wildman–Crippen MR) is 108 cm³/mol. The lowest BCUT2D eigenvalue weighted by Gasteiger charge is -2.25. The van der Waals surface area contributed by atoms with Crippen molar-refractivity contribution < 1.29 is 14.6 Å². The topological polar surface area (TPSA) is 82.3 Å². The fourth-order valence-electron chi connectivity index (χ4n) is 4.18. The fraction of sp³-hybridized carbons (Fsp3) is 0.455. The van der Waals surface area contributed by atoms with Crippen LogP contribution in [0.15, 0.2) is 30.3 Å². The van der Waals surface area contributed by atoms with E-state index in [2.05, 4.69) is 11.4 Å². The molecule has 0 saturated heterocycles. The zero-order valence-electron chi connectivity index (χ0n) is 15.9. The Balaban J connectivity index is 1.31. The fourth-order valence-corrected chi connectivity index (χ4v) is 5.24. The van der Waals surface area contributed by atoms with Crippen molar-refractivity contribution in [2.45, 2.75) is 50.9 Å². The second-order valence-electron chi connectivity index (χ2n) is 7.67. The summed E-state index contributed by atoms with van der Waals surface area (Å²) >= 11 is 1.73. The number of thiophene rings is 1. The van der Waals surface area contributed by atoms with Crippen LogP contribution in [0.4, 0.5) is 0 Å². The standard InChI is InChI=1S/C22H24N2O3S/c1-13-10-17-20(28-13)9-4-15(21(17)25)12-24-18-7-8-19(22(18)26)27-16-5-2-14(11-23)3-6-16/h2-3,5-6,10,15,18-19,22,24,26H,4,7-9,12H2,1H3/t15?,18-,19-,22-/m1/s1. The van der Waals surface area contributed by atoms with Gasteiger partial charge in [-0.3, -0.25) is 4.79 Å². The van der Waals surface area contributed by atoms with Crippen LogP contribution in [-0.2, 0) is 6.42 Å². The van der Waals surface area contributed by atoms with Gasteiger partial charge in [-0.05, 0) is 62.9 Å². The van der Waals surface area contributed by atoms with E-state index in [0.29, 0.717) is 17.9 Å². The summed E-state index contributed by atoms with van der Waals surface area (Å²) in [5.41, 5.74) is 1.48. The van der Waals surface area contributed by atoms with E-state index in [0.717, 1.165) is 31.2 Å². The third-order valence-electron chi connectivity index (χ3n) is 5.74. The highest BCUT2D eigenvalue weighted by Crippen LogP contribution is 2.32. The van der Waals surface area contributed by atoms with Crippen LogP contribution >= 0.6 is 11.3 Å². The molecule has 1 heterocycles. The number of carbonyl (C=O) groups is 1. The highest BCUT2D eigenvalue weighted by molar-refractivity contribution is 7.12. The average Bonchev–Trinajstić information content (AvgIpc) is 3.25. The van der Waals surface area contributed by atoms with Crippen molar-refractivity contribution in [2.24, 2.45) is 5.92 Å². The Bertz CT molecular complexity index is 899. The van der Waals surface area contributed by atoms with Crippen LogP contribution in [0, 0.1) is 24.2 Å². The summed E-state index contributed by atoms with van der Waals surface area (Å²) in [6.07, 6.45) is 2.50. The smallest absolute Gasteiger partial charge is 0.168 e. The van der Waals surface area contributed by atoms with E-state index in [-0.39, 0.29) is 23.8 Å². The number of aryl methyl sites for hydroxylation is 2. The zero-order chi connectivity index (χ0) is 19.7. The van der Waals surface area contributed by atoms with Crippen LogP contribution in [0.5, 0.6) is 5.75 Å². The van der Waals surface area contributed by atoms with Gasteiger partial charge in [0.25, 0.3) is 0 Å². The Labute approximate surface area is 169 Å². The third-order valence-corrected chi connectivity index (χ3v) is 6.85. The van der Waals surface area contributed by atoms with Gasteiger partial charge < -0.3 is 15.2 Å². The van der Waals surface area contributed by atoms with Gasteiger partial charge in [0.2, 0.25) is 0 Å². The average molecular weight is 397 g/mol. The van der Waals surface area contributed by atoms with E-state index in [4.69, 9.17) is 10.00 Å². The molecule has 2 aromatic rings. The number of aliphatic hydroxyl groups is 1. The first-order valence-corrected chi connectivity index (χ1v) is 10.6. The summed E-state index contributed by atoms with van der Waals surface area (Å²) in [5.74, 6) is 0.870. The van der Waals surface area contributed by atoms with Crippen LogP contribution in [0.3, 0.4) is 0 Å². The number of fused-ring (bicyclic) bond motifs is 1. The van der Waals surface area contributed by atoms with E-state index in [1.165, 1.54) is 9.75 Å². The molecule has 1 saturated carbocycles. The number of aliphatic hydroxyl groups excluding tert-OH is 1. The minimum Gasteiger partial charge on any atom is -0.488 e. The molecule has 1 fully saturated rings. The van der Waals surface area contributed by atoms with E-state index < -0.39 is 6.10 Å². The molecule has 1 unspecified atom stereocenters. The van der Waals surface area contributed by atoms with Gasteiger partial charge in [0.1, 0.15) is 18.0 Å². The second-order valence-corrected chi connectivity index (χ2v) is 9.01. The van der Waals surface area contributed by atoms with Crippen molar-refractivity contribution in [3.63, 3.8) is 0 Å². The van der Waals surface area contributed by atoms with Gasteiger partial charge in [0.05, 0.1) is 11.6 Å². The van der Waals surface area contributed by atoms with Gasteiger partial charge in [-0.25, -0.2) is 0 Å². The molecule has 2 aliphatic carbocycles. The Morgan fingerprint density at radius 1 is 1.29 bits per heavy atom. The molecule has 4 atom stereocenters. The number of hydrogen-bond acceptors (Lipinski definition) is 6. The lowest BCUT2D eigenvalue weighted by molar-refractivity contribution is 0.0441. The Hall–Kier alpha value is -2.20. The summed E-state index contributed by atoms with van der Waals surface area (Å²) in [6.45, 7) is 2.64. The third kappa shape index (κ3) is 3.83. The number of nitriles is 1. The molecule has 2 aliphatic rings. The van der Waals surface area contributed by atoms with E-state index >= 15 is 0 Å². The normalized spacial score (nSPS) is 26.7. The lowest BCUT2D eigenvalue weighted by Crippen LogP contribution is -2.44. The molecule has 28 heavy (non-hydrogen) atoms. The molecule has 0 amide bonds. The molecular weight excluding hydrogens is 372 g/mol. The number of ether oxygens (including phenoxy) is 1. The van der Waals surface area contributed by atoms with Crippen molar-refractivity contribution in [3.8, 4) is 11.8 Å². The number of rotatable bonds is 5. The van der Waals surface area contributed by atoms with E-state index in [1.54, 1.807) is 35.6 Å². The highest BCUT2D eigenvalue weighted by Gasteiger charge is 2.37. The molecule has 2 N–H and O–H groups in total. The van der Waals surface area contributed by atoms with Crippen molar-refractivity contribution in [1.29, 1.82) is 5.26 Å². The largest absolute Gasteiger partial charge is 0.488 e. The van der Waals surface area contributed by atoms with Crippen molar-refractivity contribution in [2.75, 3.05) is 6.54 Å². The maximum atomic E-state index is 12.7.